The molecule has 1 aromatic carbocycles. The molecule has 1 heterocycles. The lowest BCUT2D eigenvalue weighted by atomic mass is 10.1. The van der Waals surface area contributed by atoms with Crippen LogP contribution in [0.4, 0.5) is 0 Å². The Morgan fingerprint density at radius 2 is 2.11 bits per heavy atom. The Morgan fingerprint density at radius 3 is 2.84 bits per heavy atom. The normalized spacial score (nSPS) is 21.7. The molecular weight excluding hydrogens is 236 g/mol. The maximum absolute atomic E-state index is 5.19. The SMILES string of the molecule is COc1ccc(CCN2CCCNCC(C)C2)cc1. The Hall–Kier alpha value is -1.06. The van der Waals surface area contributed by atoms with E-state index in [2.05, 4.69) is 41.4 Å². The first-order valence-corrected chi connectivity index (χ1v) is 7.34. The van der Waals surface area contributed by atoms with E-state index < -0.39 is 0 Å². The number of benzene rings is 1. The lowest BCUT2D eigenvalue weighted by Gasteiger charge is -2.28. The molecule has 0 spiro atoms. The highest BCUT2D eigenvalue weighted by Gasteiger charge is 2.12. The molecular formula is C16H26N2O. The average molecular weight is 262 g/mol. The number of nitrogens with zero attached hydrogens (tertiary/aromatic N) is 1. The Morgan fingerprint density at radius 1 is 1.32 bits per heavy atom. The number of hydrogen-bond donors (Lipinski definition) is 1. The van der Waals surface area contributed by atoms with Crippen LogP contribution in [-0.2, 0) is 6.42 Å². The summed E-state index contributed by atoms with van der Waals surface area (Å²) in [4.78, 5) is 2.61. The van der Waals surface area contributed by atoms with E-state index in [1.54, 1.807) is 7.11 Å². The van der Waals surface area contributed by atoms with E-state index in [4.69, 9.17) is 4.74 Å². The molecule has 1 aromatic rings. The molecule has 3 nitrogen and oxygen atoms in total. The van der Waals surface area contributed by atoms with Crippen LogP contribution in [0.3, 0.4) is 0 Å². The largest absolute Gasteiger partial charge is 0.497 e. The van der Waals surface area contributed by atoms with Crippen molar-refractivity contribution in [2.24, 2.45) is 5.92 Å². The summed E-state index contributed by atoms with van der Waals surface area (Å²) in [5, 5.41) is 3.50. The van der Waals surface area contributed by atoms with Gasteiger partial charge in [0.2, 0.25) is 0 Å². The fourth-order valence-electron chi connectivity index (χ4n) is 2.66. The maximum atomic E-state index is 5.19. The quantitative estimate of drug-likeness (QED) is 0.900. The zero-order valence-corrected chi connectivity index (χ0v) is 12.2. The van der Waals surface area contributed by atoms with Gasteiger partial charge in [-0.25, -0.2) is 0 Å². The number of hydrogen-bond acceptors (Lipinski definition) is 3. The second kappa shape index (κ2) is 7.51. The molecule has 2 rings (SSSR count). The molecule has 0 aliphatic carbocycles. The molecule has 3 heteroatoms. The molecule has 1 N–H and O–H groups in total. The predicted octanol–water partition coefficient (Wildman–Crippen LogP) is 2.17. The van der Waals surface area contributed by atoms with Crippen molar-refractivity contribution in [3.8, 4) is 5.75 Å². The minimum atomic E-state index is 0.746. The number of nitrogens with one attached hydrogen (secondary N) is 1. The summed E-state index contributed by atoms with van der Waals surface area (Å²) in [7, 11) is 1.71. The van der Waals surface area contributed by atoms with Gasteiger partial charge >= 0.3 is 0 Å². The Kier molecular flexibility index (Phi) is 5.67. The molecule has 0 aromatic heterocycles. The summed E-state index contributed by atoms with van der Waals surface area (Å²) in [5.74, 6) is 1.69. The minimum Gasteiger partial charge on any atom is -0.497 e. The molecule has 19 heavy (non-hydrogen) atoms. The number of rotatable bonds is 4. The molecule has 106 valence electrons. The van der Waals surface area contributed by atoms with Crippen LogP contribution in [-0.4, -0.2) is 44.7 Å². The van der Waals surface area contributed by atoms with Crippen LogP contribution in [0.1, 0.15) is 18.9 Å². The minimum absolute atomic E-state index is 0.746. The second-order valence-electron chi connectivity index (χ2n) is 5.56. The molecule has 1 saturated heterocycles. The first kappa shape index (κ1) is 14.4. The summed E-state index contributed by atoms with van der Waals surface area (Å²) in [5.41, 5.74) is 1.40. The van der Waals surface area contributed by atoms with Gasteiger partial charge in [0.15, 0.2) is 0 Å². The van der Waals surface area contributed by atoms with E-state index in [0.29, 0.717) is 0 Å². The molecule has 0 bridgehead atoms. The van der Waals surface area contributed by atoms with Crippen molar-refractivity contribution >= 4 is 0 Å². The third kappa shape index (κ3) is 4.84. The van der Waals surface area contributed by atoms with Gasteiger partial charge in [-0.15, -0.1) is 0 Å². The monoisotopic (exact) mass is 262 g/mol. The van der Waals surface area contributed by atoms with Crippen molar-refractivity contribution in [1.29, 1.82) is 0 Å². The van der Waals surface area contributed by atoms with Gasteiger partial charge in [-0.3, -0.25) is 0 Å². The van der Waals surface area contributed by atoms with Crippen LogP contribution in [0.25, 0.3) is 0 Å². The third-order valence-corrected chi connectivity index (χ3v) is 3.77. The van der Waals surface area contributed by atoms with Crippen LogP contribution >= 0.6 is 0 Å². The molecule has 1 aliphatic rings. The van der Waals surface area contributed by atoms with Gasteiger partial charge in [0.25, 0.3) is 0 Å². The van der Waals surface area contributed by atoms with Gasteiger partial charge in [-0.2, -0.15) is 0 Å². The first-order valence-electron chi connectivity index (χ1n) is 7.34. The van der Waals surface area contributed by atoms with Gasteiger partial charge in [0.1, 0.15) is 5.75 Å². The second-order valence-corrected chi connectivity index (χ2v) is 5.56. The van der Waals surface area contributed by atoms with Crippen LogP contribution in [0.2, 0.25) is 0 Å². The van der Waals surface area contributed by atoms with E-state index >= 15 is 0 Å². The molecule has 1 fully saturated rings. The lowest BCUT2D eigenvalue weighted by Crippen LogP contribution is -2.39. The van der Waals surface area contributed by atoms with E-state index in [0.717, 1.165) is 37.7 Å². The van der Waals surface area contributed by atoms with Gasteiger partial charge in [0, 0.05) is 13.1 Å². The van der Waals surface area contributed by atoms with Gasteiger partial charge in [0.05, 0.1) is 7.11 Å². The highest BCUT2D eigenvalue weighted by Crippen LogP contribution is 2.12. The van der Waals surface area contributed by atoms with Crippen molar-refractivity contribution in [2.45, 2.75) is 19.8 Å². The average Bonchev–Trinajstić information content (AvgIpc) is 2.42. The standard InChI is InChI=1S/C16H26N2O/c1-14-12-17-9-3-10-18(13-14)11-8-15-4-6-16(19-2)7-5-15/h4-7,14,17H,3,8-13H2,1-2H3. The van der Waals surface area contributed by atoms with Gasteiger partial charge in [-0.05, 0) is 56.1 Å². The zero-order chi connectivity index (χ0) is 13.5. The number of methoxy groups -OCH3 is 1. The molecule has 1 unspecified atom stereocenters. The fraction of sp³-hybridized carbons (Fsp3) is 0.625. The highest BCUT2D eigenvalue weighted by atomic mass is 16.5. The van der Waals surface area contributed by atoms with Gasteiger partial charge in [-0.1, -0.05) is 19.1 Å². The highest BCUT2D eigenvalue weighted by molar-refractivity contribution is 5.27. The van der Waals surface area contributed by atoms with Gasteiger partial charge < -0.3 is 15.0 Å². The van der Waals surface area contributed by atoms with E-state index in [1.165, 1.54) is 25.1 Å². The summed E-state index contributed by atoms with van der Waals surface area (Å²) in [6.45, 7) is 8.23. The van der Waals surface area contributed by atoms with Crippen molar-refractivity contribution in [2.75, 3.05) is 39.8 Å². The summed E-state index contributed by atoms with van der Waals surface area (Å²) in [6.07, 6.45) is 2.39. The summed E-state index contributed by atoms with van der Waals surface area (Å²) < 4.78 is 5.19. The lowest BCUT2D eigenvalue weighted by molar-refractivity contribution is 0.218. The molecule has 0 saturated carbocycles. The molecule has 0 amide bonds. The Labute approximate surface area is 116 Å². The maximum Gasteiger partial charge on any atom is 0.118 e. The Balaban J connectivity index is 1.81. The van der Waals surface area contributed by atoms with E-state index in [1.807, 2.05) is 0 Å². The van der Waals surface area contributed by atoms with E-state index in [-0.39, 0.29) is 0 Å². The van der Waals surface area contributed by atoms with Crippen molar-refractivity contribution in [3.63, 3.8) is 0 Å². The molecule has 0 radical (unpaired) electrons. The third-order valence-electron chi connectivity index (χ3n) is 3.77. The first-order chi connectivity index (χ1) is 9.28. The summed E-state index contributed by atoms with van der Waals surface area (Å²) in [6, 6.07) is 8.45. The Bertz CT molecular complexity index is 364. The molecule has 1 atom stereocenters. The van der Waals surface area contributed by atoms with Crippen molar-refractivity contribution in [1.82, 2.24) is 10.2 Å². The summed E-state index contributed by atoms with van der Waals surface area (Å²) >= 11 is 0. The molecule has 1 aliphatic heterocycles. The van der Waals surface area contributed by atoms with Crippen LogP contribution in [0.5, 0.6) is 5.75 Å². The van der Waals surface area contributed by atoms with Crippen molar-refractivity contribution < 1.29 is 4.74 Å². The van der Waals surface area contributed by atoms with Crippen molar-refractivity contribution in [3.05, 3.63) is 29.8 Å². The number of ether oxygens (including phenoxy) is 1. The van der Waals surface area contributed by atoms with Crippen LogP contribution < -0.4 is 10.1 Å². The van der Waals surface area contributed by atoms with Crippen LogP contribution in [0.15, 0.2) is 24.3 Å². The zero-order valence-electron chi connectivity index (χ0n) is 12.2. The van der Waals surface area contributed by atoms with Crippen LogP contribution in [0, 0.1) is 5.92 Å². The fourth-order valence-corrected chi connectivity index (χ4v) is 2.66. The van der Waals surface area contributed by atoms with E-state index in [9.17, 15) is 0 Å². The smallest absolute Gasteiger partial charge is 0.118 e. The topological polar surface area (TPSA) is 24.5 Å². The predicted molar refractivity (Wildman–Crippen MR) is 79.8 cm³/mol.